The first-order valence-electron chi connectivity index (χ1n) is 14.5. The molecule has 1 unspecified atom stereocenters. The summed E-state index contributed by atoms with van der Waals surface area (Å²) in [6, 6.07) is 11.0. The summed E-state index contributed by atoms with van der Waals surface area (Å²) in [6.07, 6.45) is 16.4. The minimum Gasteiger partial charge on any atom is -0.481 e. The maximum Gasteiger partial charge on any atom is 0.303 e. The van der Waals surface area contributed by atoms with Crippen LogP contribution in [0.1, 0.15) is 111 Å². The summed E-state index contributed by atoms with van der Waals surface area (Å²) < 4.78 is 0. The molecule has 1 aliphatic heterocycles. The Morgan fingerprint density at radius 2 is 1.66 bits per heavy atom. The van der Waals surface area contributed by atoms with E-state index in [-0.39, 0.29) is 0 Å². The van der Waals surface area contributed by atoms with Gasteiger partial charge in [0.05, 0.1) is 0 Å². The van der Waals surface area contributed by atoms with Gasteiger partial charge in [0, 0.05) is 13.0 Å². The molecule has 0 radical (unpaired) electrons. The van der Waals surface area contributed by atoms with E-state index in [1.54, 1.807) is 6.08 Å². The second-order valence-electron chi connectivity index (χ2n) is 10.2. The number of nitrogens with zero attached hydrogens (tertiary/aromatic N) is 1. The zero-order valence-corrected chi connectivity index (χ0v) is 23.8. The molecule has 1 aromatic rings. The number of aliphatic carboxylic acids is 1. The van der Waals surface area contributed by atoms with E-state index in [1.807, 2.05) is 20.8 Å². The number of likely N-dealkylation sites (tertiary alicyclic amines) is 1. The predicted octanol–water partition coefficient (Wildman–Crippen LogP) is 9.03. The van der Waals surface area contributed by atoms with Gasteiger partial charge in [-0.25, -0.2) is 0 Å². The molecule has 1 saturated heterocycles. The van der Waals surface area contributed by atoms with Crippen molar-refractivity contribution in [3.63, 3.8) is 0 Å². The zero-order valence-electron chi connectivity index (χ0n) is 23.8. The topological polar surface area (TPSA) is 40.5 Å². The van der Waals surface area contributed by atoms with Crippen molar-refractivity contribution in [2.24, 2.45) is 17.8 Å². The lowest BCUT2D eigenvalue weighted by atomic mass is 9.90. The van der Waals surface area contributed by atoms with Gasteiger partial charge < -0.3 is 10.0 Å². The van der Waals surface area contributed by atoms with E-state index in [0.717, 1.165) is 37.0 Å². The SMILES string of the molecule is C=CC.CC.CC1CC[C@@H](CN2CCC(CCCc3ccccc3)CC2)C1.CCCCCC(=O)O. The Hall–Kier alpha value is -1.61. The van der Waals surface area contributed by atoms with Gasteiger partial charge in [0.1, 0.15) is 0 Å². The molecule has 2 atom stereocenters. The molecule has 2 fully saturated rings. The minimum atomic E-state index is -0.682. The predicted molar refractivity (Wildman–Crippen MR) is 154 cm³/mol. The number of piperidine rings is 1. The summed E-state index contributed by atoms with van der Waals surface area (Å²) in [4.78, 5) is 12.6. The lowest BCUT2D eigenvalue weighted by molar-refractivity contribution is -0.137. The molecule has 0 spiro atoms. The molecule has 1 N–H and O–H groups in total. The molecular formula is C32H57NO2. The first-order chi connectivity index (χ1) is 17.0. The van der Waals surface area contributed by atoms with Crippen molar-refractivity contribution < 1.29 is 9.90 Å². The summed E-state index contributed by atoms with van der Waals surface area (Å²) >= 11 is 0. The van der Waals surface area contributed by atoms with Crippen molar-refractivity contribution in [3.8, 4) is 0 Å². The highest BCUT2D eigenvalue weighted by molar-refractivity contribution is 5.66. The highest BCUT2D eigenvalue weighted by Gasteiger charge is 2.25. The molecule has 0 aromatic heterocycles. The van der Waals surface area contributed by atoms with E-state index in [1.165, 1.54) is 76.6 Å². The quantitative estimate of drug-likeness (QED) is 0.264. The highest BCUT2D eigenvalue weighted by atomic mass is 16.4. The third kappa shape index (κ3) is 18.3. The van der Waals surface area contributed by atoms with E-state index in [4.69, 9.17) is 5.11 Å². The fourth-order valence-electron chi connectivity index (χ4n) is 5.08. The number of hydrogen-bond acceptors (Lipinski definition) is 2. The Kier molecular flexibility index (Phi) is 21.8. The lowest BCUT2D eigenvalue weighted by Crippen LogP contribution is -2.36. The third-order valence-corrected chi connectivity index (χ3v) is 6.94. The van der Waals surface area contributed by atoms with Gasteiger partial charge in [0.25, 0.3) is 0 Å². The van der Waals surface area contributed by atoms with Crippen molar-refractivity contribution >= 4 is 5.97 Å². The molecule has 1 saturated carbocycles. The van der Waals surface area contributed by atoms with Crippen LogP contribution in [0.4, 0.5) is 0 Å². The van der Waals surface area contributed by atoms with Crippen molar-refractivity contribution in [1.82, 2.24) is 4.90 Å². The fraction of sp³-hybridized carbons (Fsp3) is 0.719. The number of carboxylic acid groups (broad SMARTS) is 1. The number of benzene rings is 1. The van der Waals surface area contributed by atoms with Gasteiger partial charge in [0.2, 0.25) is 0 Å². The number of aryl methyl sites for hydroxylation is 1. The van der Waals surface area contributed by atoms with Crippen molar-refractivity contribution in [2.45, 2.75) is 112 Å². The van der Waals surface area contributed by atoms with Gasteiger partial charge in [-0.05, 0) is 88.3 Å². The Labute approximate surface area is 218 Å². The molecule has 2 aliphatic rings. The van der Waals surface area contributed by atoms with Gasteiger partial charge >= 0.3 is 5.97 Å². The Bertz CT molecular complexity index is 607. The Morgan fingerprint density at radius 3 is 2.17 bits per heavy atom. The average Bonchev–Trinajstić information content (AvgIpc) is 3.27. The van der Waals surface area contributed by atoms with E-state index in [2.05, 4.69) is 55.7 Å². The van der Waals surface area contributed by atoms with Crippen LogP contribution >= 0.6 is 0 Å². The van der Waals surface area contributed by atoms with Gasteiger partial charge in [-0.15, -0.1) is 6.58 Å². The van der Waals surface area contributed by atoms with E-state index in [9.17, 15) is 4.79 Å². The van der Waals surface area contributed by atoms with Crippen LogP contribution in [-0.4, -0.2) is 35.6 Å². The molecule has 1 aromatic carbocycles. The molecule has 0 bridgehead atoms. The van der Waals surface area contributed by atoms with E-state index >= 15 is 0 Å². The third-order valence-electron chi connectivity index (χ3n) is 6.94. The molecule has 1 heterocycles. The average molecular weight is 488 g/mol. The second kappa shape index (κ2) is 22.8. The number of rotatable bonds is 10. The largest absolute Gasteiger partial charge is 0.481 e. The maximum atomic E-state index is 9.87. The summed E-state index contributed by atoms with van der Waals surface area (Å²) in [7, 11) is 0. The molecule has 202 valence electrons. The zero-order chi connectivity index (χ0) is 26.3. The van der Waals surface area contributed by atoms with Crippen LogP contribution in [0.5, 0.6) is 0 Å². The fourth-order valence-corrected chi connectivity index (χ4v) is 5.08. The van der Waals surface area contributed by atoms with E-state index < -0.39 is 5.97 Å². The number of carbonyl (C=O) groups is 1. The number of carboxylic acids is 1. The molecule has 0 amide bonds. The van der Waals surface area contributed by atoms with Crippen molar-refractivity contribution in [2.75, 3.05) is 19.6 Å². The van der Waals surface area contributed by atoms with Gasteiger partial charge in [-0.2, -0.15) is 0 Å². The smallest absolute Gasteiger partial charge is 0.303 e. The summed E-state index contributed by atoms with van der Waals surface area (Å²) in [5.41, 5.74) is 1.51. The van der Waals surface area contributed by atoms with Crippen molar-refractivity contribution in [1.29, 1.82) is 0 Å². The number of unbranched alkanes of at least 4 members (excludes halogenated alkanes) is 2. The van der Waals surface area contributed by atoms with Crippen molar-refractivity contribution in [3.05, 3.63) is 48.6 Å². The van der Waals surface area contributed by atoms with Crippen LogP contribution in [-0.2, 0) is 11.2 Å². The lowest BCUT2D eigenvalue weighted by Gasteiger charge is -2.33. The molecule has 3 nitrogen and oxygen atoms in total. The molecular weight excluding hydrogens is 430 g/mol. The minimum absolute atomic E-state index is 0.327. The standard InChI is InChI=1S/C21H33N.C6H12O2.C3H6.C2H6/c1-18-10-11-21(16-18)17-22-14-12-20(13-15-22)9-5-8-19-6-3-2-4-7-19;1-2-3-4-5-6(7)8;1-3-2;1-2/h2-4,6-7,18,20-21H,5,8-17H2,1H3;2-5H2,1H3,(H,7,8);3H,1H2,2H3;1-2H3/t18?,21-;;;/m1.../s1. The molecule has 35 heavy (non-hydrogen) atoms. The molecule has 3 heteroatoms. The molecule has 3 rings (SSSR count). The van der Waals surface area contributed by atoms with E-state index in [0.29, 0.717) is 6.42 Å². The van der Waals surface area contributed by atoms with Crippen LogP contribution in [0.25, 0.3) is 0 Å². The number of allylic oxidation sites excluding steroid dienone is 1. The molecule has 1 aliphatic carbocycles. The van der Waals surface area contributed by atoms with Gasteiger partial charge in [-0.3, -0.25) is 4.79 Å². The first-order valence-corrected chi connectivity index (χ1v) is 14.5. The summed E-state index contributed by atoms with van der Waals surface area (Å²) in [5, 5.41) is 8.14. The first kappa shape index (κ1) is 33.4. The van der Waals surface area contributed by atoms with Gasteiger partial charge in [-0.1, -0.05) is 89.8 Å². The highest BCUT2D eigenvalue weighted by Crippen LogP contribution is 2.32. The normalized spacial score (nSPS) is 19.8. The Morgan fingerprint density at radius 1 is 1.03 bits per heavy atom. The monoisotopic (exact) mass is 487 g/mol. The summed E-state index contributed by atoms with van der Waals surface area (Å²) in [5.74, 6) is 2.30. The van der Waals surface area contributed by atoms with Crippen LogP contribution in [0, 0.1) is 17.8 Å². The van der Waals surface area contributed by atoms with Crippen LogP contribution in [0.2, 0.25) is 0 Å². The second-order valence-corrected chi connectivity index (χ2v) is 10.2. The summed E-state index contributed by atoms with van der Waals surface area (Å²) in [6.45, 7) is 17.9. The maximum absolute atomic E-state index is 9.87. The van der Waals surface area contributed by atoms with Gasteiger partial charge in [0.15, 0.2) is 0 Å². The van der Waals surface area contributed by atoms with Crippen LogP contribution in [0.3, 0.4) is 0 Å². The van der Waals surface area contributed by atoms with Crippen LogP contribution in [0.15, 0.2) is 43.0 Å². The Balaban J connectivity index is 0.000000747. The van der Waals surface area contributed by atoms with Crippen LogP contribution < -0.4 is 0 Å². The number of hydrogen-bond donors (Lipinski definition) is 1.